The first-order valence-electron chi connectivity index (χ1n) is 10.6. The molecular weight excluding hydrogens is 414 g/mol. The standard InChI is InChI=1S/C23H29N3O4S/c1-18-11-12-20(16-21(18)31(29,30)26-13-7-2-3-8-14-26)25-23(28)17-24-22(27)15-19-9-5-4-6-10-19/h4-6,9-12,16H,2-3,7-8,13-15,17H2,1H3,(H,24,27)(H,25,28). The summed E-state index contributed by atoms with van der Waals surface area (Å²) < 4.78 is 27.8. The summed E-state index contributed by atoms with van der Waals surface area (Å²) in [5.41, 5.74) is 1.89. The molecule has 2 aromatic rings. The van der Waals surface area contributed by atoms with Crippen molar-refractivity contribution in [1.29, 1.82) is 0 Å². The Morgan fingerprint density at radius 2 is 1.61 bits per heavy atom. The van der Waals surface area contributed by atoms with E-state index in [1.165, 1.54) is 10.4 Å². The van der Waals surface area contributed by atoms with E-state index >= 15 is 0 Å². The highest BCUT2D eigenvalue weighted by atomic mass is 32.2. The van der Waals surface area contributed by atoms with Crippen LogP contribution in [0.3, 0.4) is 0 Å². The van der Waals surface area contributed by atoms with Gasteiger partial charge in [0.25, 0.3) is 0 Å². The van der Waals surface area contributed by atoms with Gasteiger partial charge in [0.15, 0.2) is 0 Å². The quantitative estimate of drug-likeness (QED) is 0.688. The highest BCUT2D eigenvalue weighted by Crippen LogP contribution is 2.25. The Balaban J connectivity index is 1.61. The molecule has 2 aromatic carbocycles. The Bertz CT molecular complexity index is 1010. The maximum Gasteiger partial charge on any atom is 0.243 e. The van der Waals surface area contributed by atoms with Gasteiger partial charge in [-0.3, -0.25) is 9.59 Å². The largest absolute Gasteiger partial charge is 0.347 e. The number of carbonyl (C=O) groups excluding carboxylic acids is 2. The molecule has 1 saturated heterocycles. The second kappa shape index (κ2) is 10.5. The number of rotatable bonds is 7. The smallest absolute Gasteiger partial charge is 0.243 e. The summed E-state index contributed by atoms with van der Waals surface area (Å²) in [6, 6.07) is 14.1. The maximum atomic E-state index is 13.1. The lowest BCUT2D eigenvalue weighted by Crippen LogP contribution is -2.34. The molecule has 1 fully saturated rings. The van der Waals surface area contributed by atoms with Crippen molar-refractivity contribution >= 4 is 27.5 Å². The van der Waals surface area contributed by atoms with Crippen molar-refractivity contribution in [2.24, 2.45) is 0 Å². The van der Waals surface area contributed by atoms with E-state index in [1.807, 2.05) is 30.3 Å². The molecule has 3 rings (SSSR count). The highest BCUT2D eigenvalue weighted by molar-refractivity contribution is 7.89. The lowest BCUT2D eigenvalue weighted by molar-refractivity contribution is -0.123. The molecule has 0 bridgehead atoms. The molecule has 1 heterocycles. The first-order chi connectivity index (χ1) is 14.9. The topological polar surface area (TPSA) is 95.6 Å². The number of anilines is 1. The van der Waals surface area contributed by atoms with Gasteiger partial charge in [0.2, 0.25) is 21.8 Å². The minimum absolute atomic E-state index is 0.187. The van der Waals surface area contributed by atoms with Crippen LogP contribution in [0.25, 0.3) is 0 Å². The molecule has 0 aromatic heterocycles. The lowest BCUT2D eigenvalue weighted by Gasteiger charge is -2.21. The molecule has 1 aliphatic heterocycles. The van der Waals surface area contributed by atoms with Gasteiger partial charge in [-0.15, -0.1) is 0 Å². The van der Waals surface area contributed by atoms with E-state index < -0.39 is 15.9 Å². The highest BCUT2D eigenvalue weighted by Gasteiger charge is 2.27. The first-order valence-corrected chi connectivity index (χ1v) is 12.0. The Kier molecular flexibility index (Phi) is 7.81. The fourth-order valence-electron chi connectivity index (χ4n) is 3.60. The fourth-order valence-corrected chi connectivity index (χ4v) is 5.37. The SMILES string of the molecule is Cc1ccc(NC(=O)CNC(=O)Cc2ccccc2)cc1S(=O)(=O)N1CCCCCC1. The molecule has 0 atom stereocenters. The van der Waals surface area contributed by atoms with Gasteiger partial charge in [-0.05, 0) is 43.0 Å². The van der Waals surface area contributed by atoms with Crippen molar-refractivity contribution in [3.63, 3.8) is 0 Å². The van der Waals surface area contributed by atoms with Crippen LogP contribution < -0.4 is 10.6 Å². The zero-order valence-corrected chi connectivity index (χ0v) is 18.6. The third-order valence-electron chi connectivity index (χ3n) is 5.31. The molecule has 7 nitrogen and oxygen atoms in total. The number of hydrogen-bond acceptors (Lipinski definition) is 4. The van der Waals surface area contributed by atoms with Crippen LogP contribution in [0, 0.1) is 6.92 Å². The summed E-state index contributed by atoms with van der Waals surface area (Å²) in [5.74, 6) is -0.668. The van der Waals surface area contributed by atoms with Crippen molar-refractivity contribution in [1.82, 2.24) is 9.62 Å². The molecule has 8 heteroatoms. The summed E-state index contributed by atoms with van der Waals surface area (Å²) in [7, 11) is -3.62. The summed E-state index contributed by atoms with van der Waals surface area (Å²) in [6.45, 7) is 2.60. The summed E-state index contributed by atoms with van der Waals surface area (Å²) in [6.07, 6.45) is 3.99. The van der Waals surface area contributed by atoms with Crippen molar-refractivity contribution in [3.05, 3.63) is 59.7 Å². The molecule has 0 spiro atoms. The third-order valence-corrected chi connectivity index (χ3v) is 7.35. The minimum Gasteiger partial charge on any atom is -0.347 e. The van der Waals surface area contributed by atoms with Gasteiger partial charge >= 0.3 is 0 Å². The molecule has 31 heavy (non-hydrogen) atoms. The van der Waals surface area contributed by atoms with E-state index in [0.29, 0.717) is 24.3 Å². The van der Waals surface area contributed by atoms with Gasteiger partial charge in [-0.25, -0.2) is 8.42 Å². The van der Waals surface area contributed by atoms with Gasteiger partial charge in [0.1, 0.15) is 0 Å². The van der Waals surface area contributed by atoms with E-state index in [-0.39, 0.29) is 23.8 Å². The Morgan fingerprint density at radius 3 is 2.29 bits per heavy atom. The van der Waals surface area contributed by atoms with Gasteiger partial charge in [0.05, 0.1) is 17.9 Å². The predicted molar refractivity (Wildman–Crippen MR) is 120 cm³/mol. The van der Waals surface area contributed by atoms with Gasteiger partial charge in [0, 0.05) is 18.8 Å². The molecule has 2 N–H and O–H groups in total. The van der Waals surface area contributed by atoms with Crippen LogP contribution in [-0.2, 0) is 26.0 Å². The number of nitrogens with one attached hydrogen (secondary N) is 2. The van der Waals surface area contributed by atoms with E-state index in [1.54, 1.807) is 19.1 Å². The van der Waals surface area contributed by atoms with Crippen LogP contribution in [0.4, 0.5) is 5.69 Å². The molecule has 0 unspecified atom stereocenters. The van der Waals surface area contributed by atoms with Gasteiger partial charge in [-0.2, -0.15) is 4.31 Å². The average molecular weight is 444 g/mol. The molecule has 166 valence electrons. The van der Waals surface area contributed by atoms with Crippen LogP contribution in [0.1, 0.15) is 36.8 Å². The van der Waals surface area contributed by atoms with E-state index in [9.17, 15) is 18.0 Å². The Labute approximate surface area is 183 Å². The third kappa shape index (κ3) is 6.38. The van der Waals surface area contributed by atoms with E-state index in [4.69, 9.17) is 0 Å². The zero-order chi connectivity index (χ0) is 22.3. The van der Waals surface area contributed by atoms with Crippen LogP contribution in [-0.4, -0.2) is 44.2 Å². The number of sulfonamides is 1. The van der Waals surface area contributed by atoms with Crippen LogP contribution in [0.15, 0.2) is 53.4 Å². The molecule has 0 radical (unpaired) electrons. The fraction of sp³-hybridized carbons (Fsp3) is 0.391. The first kappa shape index (κ1) is 23.0. The van der Waals surface area contributed by atoms with Crippen molar-refractivity contribution in [2.75, 3.05) is 25.0 Å². The number of benzene rings is 2. The molecular formula is C23H29N3O4S. The van der Waals surface area contributed by atoms with Crippen LogP contribution in [0.5, 0.6) is 0 Å². The predicted octanol–water partition coefficient (Wildman–Crippen LogP) is 2.86. The van der Waals surface area contributed by atoms with Crippen molar-refractivity contribution in [3.8, 4) is 0 Å². The Morgan fingerprint density at radius 1 is 0.935 bits per heavy atom. The van der Waals surface area contributed by atoms with Crippen LogP contribution in [0.2, 0.25) is 0 Å². The van der Waals surface area contributed by atoms with E-state index in [0.717, 1.165) is 31.2 Å². The Hall–Kier alpha value is -2.71. The van der Waals surface area contributed by atoms with Crippen molar-refractivity contribution < 1.29 is 18.0 Å². The average Bonchev–Trinajstić information content (AvgIpc) is 3.04. The zero-order valence-electron chi connectivity index (χ0n) is 17.8. The number of aryl methyl sites for hydroxylation is 1. The van der Waals surface area contributed by atoms with E-state index in [2.05, 4.69) is 10.6 Å². The lowest BCUT2D eigenvalue weighted by atomic mass is 10.1. The molecule has 0 saturated carbocycles. The summed E-state index contributed by atoms with van der Waals surface area (Å²) in [5, 5.41) is 5.27. The minimum atomic E-state index is -3.62. The second-order valence-electron chi connectivity index (χ2n) is 7.79. The monoisotopic (exact) mass is 443 g/mol. The normalized spacial score (nSPS) is 15.1. The summed E-state index contributed by atoms with van der Waals surface area (Å²) in [4.78, 5) is 24.5. The number of hydrogen-bond donors (Lipinski definition) is 2. The number of carbonyl (C=O) groups is 2. The summed E-state index contributed by atoms with van der Waals surface area (Å²) >= 11 is 0. The number of amides is 2. The second-order valence-corrected chi connectivity index (χ2v) is 9.69. The maximum absolute atomic E-state index is 13.1. The number of nitrogens with zero attached hydrogens (tertiary/aromatic N) is 1. The molecule has 0 aliphatic carbocycles. The van der Waals surface area contributed by atoms with Gasteiger partial charge < -0.3 is 10.6 Å². The molecule has 1 aliphatic rings. The van der Waals surface area contributed by atoms with Crippen molar-refractivity contribution in [2.45, 2.75) is 43.9 Å². The van der Waals surface area contributed by atoms with Gasteiger partial charge in [-0.1, -0.05) is 49.2 Å². The molecule has 2 amide bonds. The van der Waals surface area contributed by atoms with Crippen LogP contribution >= 0.6 is 0 Å².